The number of hydrogen-bond acceptors (Lipinski definition) is 3. The van der Waals surface area contributed by atoms with Gasteiger partial charge in [-0.2, -0.15) is 0 Å². The first-order valence-corrected chi connectivity index (χ1v) is 6.74. The average Bonchev–Trinajstić information content (AvgIpc) is 2.37. The van der Waals surface area contributed by atoms with Crippen molar-refractivity contribution in [2.24, 2.45) is 0 Å². The summed E-state index contributed by atoms with van der Waals surface area (Å²) in [7, 11) is 0. The molecule has 1 heterocycles. The lowest BCUT2D eigenvalue weighted by Gasteiger charge is -2.28. The Kier molecular flexibility index (Phi) is 4.12. The standard InChI is InChI=1S/C15H23NO2/c1-5-12(4)16-8-13-9-17-14-6-10(2)11(3)7-15(14)18-13/h6-7,12-13,16H,5,8-9H2,1-4H3. The molecule has 0 spiro atoms. The molecule has 0 aliphatic carbocycles. The minimum atomic E-state index is 0.105. The highest BCUT2D eigenvalue weighted by Crippen LogP contribution is 2.34. The third-order valence-electron chi connectivity index (χ3n) is 3.58. The number of nitrogens with one attached hydrogen (secondary N) is 1. The number of rotatable bonds is 4. The number of aryl methyl sites for hydroxylation is 2. The highest BCUT2D eigenvalue weighted by molar-refractivity contribution is 5.47. The molecule has 1 aromatic carbocycles. The number of benzene rings is 1. The van der Waals surface area contributed by atoms with Gasteiger partial charge in [-0.3, -0.25) is 0 Å². The quantitative estimate of drug-likeness (QED) is 0.890. The predicted molar refractivity (Wildman–Crippen MR) is 73.6 cm³/mol. The van der Waals surface area contributed by atoms with Crippen molar-refractivity contribution in [3.05, 3.63) is 23.3 Å². The van der Waals surface area contributed by atoms with Crippen molar-refractivity contribution in [3.63, 3.8) is 0 Å². The number of fused-ring (bicyclic) bond motifs is 1. The molecule has 100 valence electrons. The first-order valence-electron chi connectivity index (χ1n) is 6.74. The molecule has 18 heavy (non-hydrogen) atoms. The fourth-order valence-corrected chi connectivity index (χ4v) is 1.94. The van der Waals surface area contributed by atoms with Crippen LogP contribution in [-0.2, 0) is 0 Å². The Morgan fingerprint density at radius 3 is 2.61 bits per heavy atom. The molecule has 3 nitrogen and oxygen atoms in total. The molecule has 0 saturated carbocycles. The van der Waals surface area contributed by atoms with Crippen LogP contribution in [0.1, 0.15) is 31.4 Å². The Morgan fingerprint density at radius 1 is 1.28 bits per heavy atom. The smallest absolute Gasteiger partial charge is 0.162 e. The van der Waals surface area contributed by atoms with Gasteiger partial charge in [0.05, 0.1) is 0 Å². The maximum Gasteiger partial charge on any atom is 0.162 e. The topological polar surface area (TPSA) is 30.5 Å². The van der Waals surface area contributed by atoms with Gasteiger partial charge in [-0.15, -0.1) is 0 Å². The summed E-state index contributed by atoms with van der Waals surface area (Å²) in [5, 5.41) is 3.45. The SMILES string of the molecule is CCC(C)NCC1COc2cc(C)c(C)cc2O1. The molecule has 2 atom stereocenters. The van der Waals surface area contributed by atoms with Gasteiger partial charge in [-0.25, -0.2) is 0 Å². The Morgan fingerprint density at radius 2 is 1.94 bits per heavy atom. The van der Waals surface area contributed by atoms with Crippen LogP contribution in [0.15, 0.2) is 12.1 Å². The number of hydrogen-bond donors (Lipinski definition) is 1. The van der Waals surface area contributed by atoms with Gasteiger partial charge in [0.1, 0.15) is 12.7 Å². The minimum Gasteiger partial charge on any atom is -0.486 e. The highest BCUT2D eigenvalue weighted by atomic mass is 16.6. The van der Waals surface area contributed by atoms with Gasteiger partial charge in [-0.05, 0) is 50.5 Å². The molecule has 3 heteroatoms. The summed E-state index contributed by atoms with van der Waals surface area (Å²) in [4.78, 5) is 0. The average molecular weight is 249 g/mol. The summed E-state index contributed by atoms with van der Waals surface area (Å²) < 4.78 is 11.7. The van der Waals surface area contributed by atoms with Crippen molar-refractivity contribution < 1.29 is 9.47 Å². The molecule has 0 amide bonds. The first-order chi connectivity index (χ1) is 8.60. The third-order valence-corrected chi connectivity index (χ3v) is 3.58. The zero-order chi connectivity index (χ0) is 13.1. The second-order valence-corrected chi connectivity index (χ2v) is 5.15. The van der Waals surface area contributed by atoms with E-state index >= 15 is 0 Å². The molecule has 1 N–H and O–H groups in total. The van der Waals surface area contributed by atoms with E-state index in [0.29, 0.717) is 12.6 Å². The van der Waals surface area contributed by atoms with Gasteiger partial charge < -0.3 is 14.8 Å². The Balaban J connectivity index is 1.99. The zero-order valence-corrected chi connectivity index (χ0v) is 11.7. The van der Waals surface area contributed by atoms with E-state index in [-0.39, 0.29) is 6.10 Å². The molecule has 0 radical (unpaired) electrons. The lowest BCUT2D eigenvalue weighted by molar-refractivity contribution is 0.0883. The van der Waals surface area contributed by atoms with Gasteiger partial charge in [0, 0.05) is 12.6 Å². The lowest BCUT2D eigenvalue weighted by atomic mass is 10.1. The predicted octanol–water partition coefficient (Wildman–Crippen LogP) is 2.83. The van der Waals surface area contributed by atoms with E-state index in [1.165, 1.54) is 11.1 Å². The van der Waals surface area contributed by atoms with Crippen LogP contribution in [0.3, 0.4) is 0 Å². The van der Waals surface area contributed by atoms with E-state index in [1.54, 1.807) is 0 Å². The zero-order valence-electron chi connectivity index (χ0n) is 11.7. The molecule has 0 aromatic heterocycles. The van der Waals surface area contributed by atoms with Crippen LogP contribution in [0.4, 0.5) is 0 Å². The Hall–Kier alpha value is -1.22. The number of ether oxygens (including phenoxy) is 2. The highest BCUT2D eigenvalue weighted by Gasteiger charge is 2.21. The summed E-state index contributed by atoms with van der Waals surface area (Å²) >= 11 is 0. The molecular formula is C15H23NO2. The first kappa shape index (κ1) is 13.2. The minimum absolute atomic E-state index is 0.105. The van der Waals surface area contributed by atoms with E-state index in [1.807, 2.05) is 0 Å². The van der Waals surface area contributed by atoms with Crippen molar-refractivity contribution in [2.75, 3.05) is 13.2 Å². The molecule has 1 aromatic rings. The largest absolute Gasteiger partial charge is 0.486 e. The summed E-state index contributed by atoms with van der Waals surface area (Å²) in [6.07, 6.45) is 1.23. The van der Waals surface area contributed by atoms with Crippen molar-refractivity contribution in [2.45, 2.75) is 46.3 Å². The van der Waals surface area contributed by atoms with Crippen molar-refractivity contribution in [1.29, 1.82) is 0 Å². The van der Waals surface area contributed by atoms with Gasteiger partial charge in [0.2, 0.25) is 0 Å². The van der Waals surface area contributed by atoms with Crippen molar-refractivity contribution >= 4 is 0 Å². The Labute approximate surface area is 109 Å². The van der Waals surface area contributed by atoms with E-state index < -0.39 is 0 Å². The van der Waals surface area contributed by atoms with E-state index in [2.05, 4.69) is 45.1 Å². The van der Waals surface area contributed by atoms with Crippen molar-refractivity contribution in [1.82, 2.24) is 5.32 Å². The molecular weight excluding hydrogens is 226 g/mol. The lowest BCUT2D eigenvalue weighted by Crippen LogP contribution is -2.41. The molecule has 1 aliphatic rings. The van der Waals surface area contributed by atoms with Crippen LogP contribution in [-0.4, -0.2) is 25.3 Å². The van der Waals surface area contributed by atoms with Crippen LogP contribution in [0.2, 0.25) is 0 Å². The fourth-order valence-electron chi connectivity index (χ4n) is 1.94. The van der Waals surface area contributed by atoms with E-state index in [9.17, 15) is 0 Å². The molecule has 2 unspecified atom stereocenters. The molecule has 0 saturated heterocycles. The summed E-state index contributed by atoms with van der Waals surface area (Å²) in [5.74, 6) is 1.75. The summed E-state index contributed by atoms with van der Waals surface area (Å²) in [6, 6.07) is 4.65. The maximum absolute atomic E-state index is 5.98. The third kappa shape index (κ3) is 2.96. The second-order valence-electron chi connectivity index (χ2n) is 5.15. The van der Waals surface area contributed by atoms with Gasteiger partial charge >= 0.3 is 0 Å². The van der Waals surface area contributed by atoms with Gasteiger partial charge in [0.25, 0.3) is 0 Å². The van der Waals surface area contributed by atoms with E-state index in [0.717, 1.165) is 24.5 Å². The fraction of sp³-hybridized carbons (Fsp3) is 0.600. The van der Waals surface area contributed by atoms with Crippen LogP contribution >= 0.6 is 0 Å². The van der Waals surface area contributed by atoms with Crippen LogP contribution in [0.5, 0.6) is 11.5 Å². The van der Waals surface area contributed by atoms with Gasteiger partial charge in [0.15, 0.2) is 11.5 Å². The molecule has 1 aliphatic heterocycles. The van der Waals surface area contributed by atoms with Crippen molar-refractivity contribution in [3.8, 4) is 11.5 Å². The van der Waals surface area contributed by atoms with E-state index in [4.69, 9.17) is 9.47 Å². The van der Waals surface area contributed by atoms with Crippen LogP contribution in [0.25, 0.3) is 0 Å². The molecule has 2 rings (SSSR count). The van der Waals surface area contributed by atoms with Gasteiger partial charge in [-0.1, -0.05) is 6.92 Å². The van der Waals surface area contributed by atoms with Crippen LogP contribution < -0.4 is 14.8 Å². The normalized spacial score (nSPS) is 19.7. The Bertz CT molecular complexity index is 417. The maximum atomic E-state index is 5.98. The summed E-state index contributed by atoms with van der Waals surface area (Å²) in [6.45, 7) is 10.0. The molecule has 0 fully saturated rings. The molecule has 0 bridgehead atoms. The second kappa shape index (κ2) is 5.61. The van der Waals surface area contributed by atoms with Crippen LogP contribution in [0, 0.1) is 13.8 Å². The summed E-state index contributed by atoms with van der Waals surface area (Å²) in [5.41, 5.74) is 2.49. The monoisotopic (exact) mass is 249 g/mol.